The average molecular weight is 233 g/mol. The summed E-state index contributed by atoms with van der Waals surface area (Å²) in [4.78, 5) is 22.3. The number of amides is 1. The highest BCUT2D eigenvalue weighted by atomic mass is 32.2. The van der Waals surface area contributed by atoms with Gasteiger partial charge in [0, 0.05) is 0 Å². The first-order valence-electron chi connectivity index (χ1n) is 4.94. The molecular formula is C10H19NO3S. The average Bonchev–Trinajstić information content (AvgIpc) is 2.14. The smallest absolute Gasteiger partial charge is 0.326 e. The van der Waals surface area contributed by atoms with E-state index in [2.05, 4.69) is 5.32 Å². The van der Waals surface area contributed by atoms with E-state index in [1.807, 2.05) is 20.1 Å². The van der Waals surface area contributed by atoms with Gasteiger partial charge in [-0.2, -0.15) is 11.8 Å². The minimum Gasteiger partial charge on any atom is -0.480 e. The maximum atomic E-state index is 11.5. The third kappa shape index (κ3) is 5.67. The Hall–Kier alpha value is -0.710. The minimum absolute atomic E-state index is 0.209. The Balaban J connectivity index is 4.29. The Morgan fingerprint density at radius 3 is 2.20 bits per heavy atom. The maximum Gasteiger partial charge on any atom is 0.326 e. The molecule has 0 heterocycles. The van der Waals surface area contributed by atoms with Crippen LogP contribution < -0.4 is 5.32 Å². The SMILES string of the molecule is CSC(C)C(=O)N[C@@H](CC(C)C)C(=O)O. The van der Waals surface area contributed by atoms with Crippen molar-refractivity contribution in [2.24, 2.45) is 5.92 Å². The third-order valence-corrected chi connectivity index (χ3v) is 2.97. The van der Waals surface area contributed by atoms with Gasteiger partial charge in [-0.15, -0.1) is 0 Å². The van der Waals surface area contributed by atoms with Crippen molar-refractivity contribution in [2.45, 2.75) is 38.5 Å². The van der Waals surface area contributed by atoms with E-state index in [9.17, 15) is 9.59 Å². The van der Waals surface area contributed by atoms with Gasteiger partial charge in [-0.25, -0.2) is 4.79 Å². The Labute approximate surface area is 94.8 Å². The van der Waals surface area contributed by atoms with Crippen LogP contribution in [0.5, 0.6) is 0 Å². The number of carbonyl (C=O) groups excluding carboxylic acids is 1. The predicted molar refractivity (Wildman–Crippen MR) is 62.0 cm³/mol. The second-order valence-electron chi connectivity index (χ2n) is 3.91. The first kappa shape index (κ1) is 14.3. The summed E-state index contributed by atoms with van der Waals surface area (Å²) >= 11 is 1.40. The monoisotopic (exact) mass is 233 g/mol. The summed E-state index contributed by atoms with van der Waals surface area (Å²) in [5.74, 6) is -0.933. The van der Waals surface area contributed by atoms with E-state index in [1.165, 1.54) is 11.8 Å². The van der Waals surface area contributed by atoms with Crippen LogP contribution in [-0.4, -0.2) is 34.5 Å². The van der Waals surface area contributed by atoms with Crippen molar-refractivity contribution >= 4 is 23.6 Å². The van der Waals surface area contributed by atoms with Crippen LogP contribution in [0.2, 0.25) is 0 Å². The van der Waals surface area contributed by atoms with Gasteiger partial charge in [0.2, 0.25) is 5.91 Å². The van der Waals surface area contributed by atoms with Crippen molar-refractivity contribution < 1.29 is 14.7 Å². The quantitative estimate of drug-likeness (QED) is 0.727. The van der Waals surface area contributed by atoms with Crippen molar-refractivity contribution in [1.82, 2.24) is 5.32 Å². The molecule has 0 aliphatic heterocycles. The highest BCUT2D eigenvalue weighted by molar-refractivity contribution is 7.99. The molecule has 0 radical (unpaired) electrons. The fraction of sp³-hybridized carbons (Fsp3) is 0.800. The Kier molecular flexibility index (Phi) is 6.40. The van der Waals surface area contributed by atoms with Gasteiger partial charge in [-0.3, -0.25) is 4.79 Å². The number of aliphatic carboxylic acids is 1. The Morgan fingerprint density at radius 2 is 1.87 bits per heavy atom. The summed E-state index contributed by atoms with van der Waals surface area (Å²) in [6, 6.07) is -0.771. The fourth-order valence-corrected chi connectivity index (χ4v) is 1.37. The van der Waals surface area contributed by atoms with Crippen LogP contribution in [0.1, 0.15) is 27.2 Å². The molecule has 0 fully saturated rings. The molecule has 0 aliphatic rings. The molecule has 4 nitrogen and oxygen atoms in total. The van der Waals surface area contributed by atoms with E-state index >= 15 is 0 Å². The summed E-state index contributed by atoms with van der Waals surface area (Å²) in [5, 5.41) is 11.2. The first-order chi connectivity index (χ1) is 6.88. The van der Waals surface area contributed by atoms with Crippen LogP contribution in [0.25, 0.3) is 0 Å². The molecule has 0 rings (SSSR count). The molecular weight excluding hydrogens is 214 g/mol. The topological polar surface area (TPSA) is 66.4 Å². The lowest BCUT2D eigenvalue weighted by molar-refractivity contribution is -0.142. The van der Waals surface area contributed by atoms with Gasteiger partial charge >= 0.3 is 5.97 Å². The van der Waals surface area contributed by atoms with Gasteiger partial charge in [-0.05, 0) is 25.5 Å². The lowest BCUT2D eigenvalue weighted by Crippen LogP contribution is -2.44. The molecule has 0 aliphatic carbocycles. The minimum atomic E-state index is -0.967. The molecule has 15 heavy (non-hydrogen) atoms. The molecule has 5 heteroatoms. The van der Waals surface area contributed by atoms with Crippen LogP contribution in [0.4, 0.5) is 0 Å². The van der Waals surface area contributed by atoms with Gasteiger partial charge in [0.1, 0.15) is 6.04 Å². The summed E-state index contributed by atoms with van der Waals surface area (Å²) in [7, 11) is 0. The molecule has 0 saturated heterocycles. The summed E-state index contributed by atoms with van der Waals surface area (Å²) in [6.45, 7) is 5.62. The van der Waals surface area contributed by atoms with E-state index in [4.69, 9.17) is 5.11 Å². The number of thioether (sulfide) groups is 1. The normalized spacial score (nSPS) is 14.7. The van der Waals surface area contributed by atoms with Crippen molar-refractivity contribution in [3.05, 3.63) is 0 Å². The van der Waals surface area contributed by atoms with Gasteiger partial charge in [0.05, 0.1) is 5.25 Å². The van der Waals surface area contributed by atoms with E-state index in [0.717, 1.165) is 0 Å². The lowest BCUT2D eigenvalue weighted by atomic mass is 10.0. The predicted octanol–water partition coefficient (Wildman–Crippen LogP) is 1.35. The molecule has 0 saturated carbocycles. The molecule has 2 N–H and O–H groups in total. The summed E-state index contributed by atoms with van der Waals surface area (Å²) < 4.78 is 0. The number of carbonyl (C=O) groups is 2. The molecule has 88 valence electrons. The molecule has 0 aromatic carbocycles. The standard InChI is InChI=1S/C10H19NO3S/c1-6(2)5-8(10(13)14)11-9(12)7(3)15-4/h6-8H,5H2,1-4H3,(H,11,12)(H,13,14)/t7?,8-/m0/s1. The molecule has 1 unspecified atom stereocenters. The zero-order chi connectivity index (χ0) is 12.0. The van der Waals surface area contributed by atoms with Crippen molar-refractivity contribution in [3.63, 3.8) is 0 Å². The van der Waals surface area contributed by atoms with E-state index in [0.29, 0.717) is 6.42 Å². The van der Waals surface area contributed by atoms with Crippen molar-refractivity contribution in [1.29, 1.82) is 0 Å². The lowest BCUT2D eigenvalue weighted by Gasteiger charge is -2.18. The number of nitrogens with one attached hydrogen (secondary N) is 1. The molecule has 0 bridgehead atoms. The Bertz CT molecular complexity index is 231. The number of carboxylic acids is 1. The number of hydrogen-bond donors (Lipinski definition) is 2. The van der Waals surface area contributed by atoms with Crippen LogP contribution in [-0.2, 0) is 9.59 Å². The molecule has 0 spiro atoms. The first-order valence-corrected chi connectivity index (χ1v) is 6.23. The van der Waals surface area contributed by atoms with Crippen LogP contribution in [0.3, 0.4) is 0 Å². The van der Waals surface area contributed by atoms with Crippen molar-refractivity contribution in [2.75, 3.05) is 6.26 Å². The van der Waals surface area contributed by atoms with Gasteiger partial charge in [0.15, 0.2) is 0 Å². The van der Waals surface area contributed by atoms with Crippen LogP contribution in [0, 0.1) is 5.92 Å². The fourth-order valence-electron chi connectivity index (χ4n) is 1.09. The second kappa shape index (κ2) is 6.71. The van der Waals surface area contributed by atoms with E-state index in [-0.39, 0.29) is 17.1 Å². The highest BCUT2D eigenvalue weighted by Gasteiger charge is 2.23. The third-order valence-electron chi connectivity index (χ3n) is 2.04. The maximum absolute atomic E-state index is 11.5. The van der Waals surface area contributed by atoms with E-state index < -0.39 is 12.0 Å². The van der Waals surface area contributed by atoms with Gasteiger partial charge in [0.25, 0.3) is 0 Å². The molecule has 1 amide bonds. The highest BCUT2D eigenvalue weighted by Crippen LogP contribution is 2.08. The van der Waals surface area contributed by atoms with Crippen molar-refractivity contribution in [3.8, 4) is 0 Å². The zero-order valence-corrected chi connectivity index (χ0v) is 10.4. The largest absolute Gasteiger partial charge is 0.480 e. The van der Waals surface area contributed by atoms with Gasteiger partial charge < -0.3 is 10.4 Å². The number of rotatable bonds is 6. The van der Waals surface area contributed by atoms with E-state index in [1.54, 1.807) is 6.92 Å². The molecule has 2 atom stereocenters. The van der Waals surface area contributed by atoms with Gasteiger partial charge in [-0.1, -0.05) is 13.8 Å². The molecule has 0 aromatic heterocycles. The summed E-state index contributed by atoms with van der Waals surface area (Å²) in [5.41, 5.74) is 0. The number of carboxylic acid groups (broad SMARTS) is 1. The zero-order valence-electron chi connectivity index (χ0n) is 9.61. The van der Waals surface area contributed by atoms with Crippen LogP contribution in [0.15, 0.2) is 0 Å². The summed E-state index contributed by atoms with van der Waals surface area (Å²) in [6.07, 6.45) is 2.28. The van der Waals surface area contributed by atoms with Crippen LogP contribution >= 0.6 is 11.8 Å². The second-order valence-corrected chi connectivity index (χ2v) is 5.09. The molecule has 0 aromatic rings. The number of hydrogen-bond acceptors (Lipinski definition) is 3. The Morgan fingerprint density at radius 1 is 1.33 bits per heavy atom.